The predicted molar refractivity (Wildman–Crippen MR) is 130 cm³/mol. The Labute approximate surface area is 191 Å². The fourth-order valence-electron chi connectivity index (χ4n) is 6.28. The molecule has 0 amide bonds. The summed E-state index contributed by atoms with van der Waals surface area (Å²) < 4.78 is 19.0. The minimum atomic E-state index is -1.95. The zero-order valence-corrected chi connectivity index (χ0v) is 22.6. The van der Waals surface area contributed by atoms with Crippen LogP contribution in [0.5, 0.6) is 0 Å². The van der Waals surface area contributed by atoms with Crippen molar-refractivity contribution < 1.29 is 18.7 Å². The average Bonchev–Trinajstić information content (AvgIpc) is 2.76. The van der Waals surface area contributed by atoms with E-state index in [-0.39, 0.29) is 17.6 Å². The van der Waals surface area contributed by atoms with E-state index >= 15 is 0 Å². The molecular formula is C26H46O4Si. The minimum absolute atomic E-state index is 0.0821. The Morgan fingerprint density at radius 3 is 2.16 bits per heavy atom. The summed E-state index contributed by atoms with van der Waals surface area (Å²) in [6.45, 7) is 27.1. The van der Waals surface area contributed by atoms with Crippen molar-refractivity contribution in [2.45, 2.75) is 104 Å². The maximum Gasteiger partial charge on any atom is 0.205 e. The first kappa shape index (κ1) is 26.3. The summed E-state index contributed by atoms with van der Waals surface area (Å²) in [5.74, 6) is 0.0527. The van der Waals surface area contributed by atoms with Gasteiger partial charge in [0, 0.05) is 31.8 Å². The number of hydrogen-bond donors (Lipinski definition) is 0. The van der Waals surface area contributed by atoms with Crippen molar-refractivity contribution >= 4 is 14.1 Å². The Balaban J connectivity index is 2.38. The number of hydrogen-bond acceptors (Lipinski definition) is 4. The number of Topliss-reactive ketones (excluding diaryl/α,β-unsaturated/α-hetero) is 1. The summed E-state index contributed by atoms with van der Waals surface area (Å²) >= 11 is 0. The summed E-state index contributed by atoms with van der Waals surface area (Å²) in [7, 11) is -1.95. The van der Waals surface area contributed by atoms with Crippen molar-refractivity contribution in [2.75, 3.05) is 13.2 Å². The summed E-state index contributed by atoms with van der Waals surface area (Å²) in [6, 6.07) is 0. The molecule has 0 spiro atoms. The third kappa shape index (κ3) is 4.74. The van der Waals surface area contributed by atoms with E-state index in [0.717, 1.165) is 12.0 Å². The van der Waals surface area contributed by atoms with E-state index in [9.17, 15) is 4.79 Å². The number of allylic oxidation sites excluding steroid dienone is 2. The van der Waals surface area contributed by atoms with E-state index < -0.39 is 19.5 Å². The van der Waals surface area contributed by atoms with E-state index in [4.69, 9.17) is 13.9 Å². The molecule has 1 heterocycles. The van der Waals surface area contributed by atoms with Gasteiger partial charge in [-0.25, -0.2) is 0 Å². The molecule has 0 radical (unpaired) electrons. The van der Waals surface area contributed by atoms with E-state index in [1.54, 1.807) is 0 Å². The second kappa shape index (κ2) is 9.52. The first-order valence-corrected chi connectivity index (χ1v) is 14.2. The molecule has 1 aliphatic carbocycles. The third-order valence-electron chi connectivity index (χ3n) is 7.73. The highest BCUT2D eigenvalue weighted by molar-refractivity contribution is 6.77. The Bertz CT molecular complexity index is 684. The van der Waals surface area contributed by atoms with Crippen LogP contribution in [0.25, 0.3) is 0 Å². The van der Waals surface area contributed by atoms with Gasteiger partial charge in [0.25, 0.3) is 0 Å². The first-order chi connectivity index (χ1) is 14.2. The summed E-state index contributed by atoms with van der Waals surface area (Å²) in [5, 5.41) is 0. The molecule has 2 aliphatic rings. The van der Waals surface area contributed by atoms with E-state index in [2.05, 4.69) is 62.0 Å². The molecule has 0 N–H and O–H groups in total. The van der Waals surface area contributed by atoms with Gasteiger partial charge in [0.2, 0.25) is 11.6 Å². The molecule has 3 atom stereocenters. The maximum absolute atomic E-state index is 13.6. The van der Waals surface area contributed by atoms with Gasteiger partial charge in [-0.15, -0.1) is 6.58 Å². The van der Waals surface area contributed by atoms with Crippen LogP contribution < -0.4 is 0 Å². The molecule has 0 saturated heterocycles. The molecule has 178 valence electrons. The van der Waals surface area contributed by atoms with Crippen LogP contribution in [0.3, 0.4) is 0 Å². The van der Waals surface area contributed by atoms with Gasteiger partial charge in [-0.3, -0.25) is 4.79 Å². The lowest BCUT2D eigenvalue weighted by molar-refractivity contribution is -0.191. The minimum Gasteiger partial charge on any atom is -0.459 e. The molecule has 31 heavy (non-hydrogen) atoms. The molecule has 2 rings (SSSR count). The third-order valence-corrected chi connectivity index (χ3v) is 13.8. The van der Waals surface area contributed by atoms with Crippen molar-refractivity contribution in [3.8, 4) is 0 Å². The standard InChI is InChI=1S/C26H46O4Si/c1-12-14-26(11)21(13-15-29-31(17(2)3,18(4)5)19(6)7)22-20(8)16-28-25(9,10)30-23(22)24(26)27/h12,17-21H,1,13-16H2,2-11H3/t20-,21+,26-/m0/s1. The van der Waals surface area contributed by atoms with Crippen molar-refractivity contribution in [1.82, 2.24) is 0 Å². The van der Waals surface area contributed by atoms with Crippen molar-refractivity contribution in [2.24, 2.45) is 17.3 Å². The average molecular weight is 451 g/mol. The molecule has 1 aliphatic heterocycles. The van der Waals surface area contributed by atoms with Crippen LogP contribution in [0, 0.1) is 17.3 Å². The Morgan fingerprint density at radius 2 is 1.68 bits per heavy atom. The molecule has 5 heteroatoms. The lowest BCUT2D eigenvalue weighted by Gasteiger charge is -2.43. The summed E-state index contributed by atoms with van der Waals surface area (Å²) in [4.78, 5) is 13.6. The highest BCUT2D eigenvalue weighted by Crippen LogP contribution is 2.53. The number of carbonyl (C=O) groups excluding carboxylic acids is 1. The lowest BCUT2D eigenvalue weighted by Crippen LogP contribution is -2.48. The number of ketones is 1. The van der Waals surface area contributed by atoms with E-state index in [1.807, 2.05) is 19.9 Å². The zero-order valence-electron chi connectivity index (χ0n) is 21.6. The molecule has 0 bridgehead atoms. The van der Waals surface area contributed by atoms with Gasteiger partial charge in [0.15, 0.2) is 14.1 Å². The van der Waals surface area contributed by atoms with Gasteiger partial charge in [0.1, 0.15) is 0 Å². The van der Waals surface area contributed by atoms with Crippen molar-refractivity contribution in [1.29, 1.82) is 0 Å². The van der Waals surface area contributed by atoms with Crippen molar-refractivity contribution in [3.05, 3.63) is 24.0 Å². The topological polar surface area (TPSA) is 44.8 Å². The van der Waals surface area contributed by atoms with E-state index in [0.29, 0.717) is 42.0 Å². The fraction of sp³-hybridized carbons (Fsp3) is 0.808. The first-order valence-electron chi connectivity index (χ1n) is 12.1. The monoisotopic (exact) mass is 450 g/mol. The molecule has 0 aromatic rings. The molecule has 0 saturated carbocycles. The molecule has 0 fully saturated rings. The van der Waals surface area contributed by atoms with Crippen LogP contribution in [0.2, 0.25) is 16.6 Å². The Kier molecular flexibility index (Phi) is 8.09. The van der Waals surface area contributed by atoms with Crippen LogP contribution in [0.4, 0.5) is 0 Å². The Morgan fingerprint density at radius 1 is 1.13 bits per heavy atom. The predicted octanol–water partition coefficient (Wildman–Crippen LogP) is 7.02. The van der Waals surface area contributed by atoms with Crippen LogP contribution in [-0.4, -0.2) is 33.1 Å². The van der Waals surface area contributed by atoms with Gasteiger partial charge in [-0.05, 0) is 41.0 Å². The van der Waals surface area contributed by atoms with Crippen LogP contribution in [0.1, 0.15) is 82.1 Å². The quantitative estimate of drug-likeness (QED) is 0.279. The molecule has 0 unspecified atom stereocenters. The van der Waals surface area contributed by atoms with Gasteiger partial charge in [0.05, 0.1) is 6.61 Å². The van der Waals surface area contributed by atoms with Crippen LogP contribution in [-0.2, 0) is 18.7 Å². The van der Waals surface area contributed by atoms with Crippen LogP contribution >= 0.6 is 0 Å². The molecule has 0 aromatic heterocycles. The number of ether oxygens (including phenoxy) is 2. The second-order valence-electron chi connectivity index (χ2n) is 11.2. The number of carbonyl (C=O) groups is 1. The van der Waals surface area contributed by atoms with Crippen molar-refractivity contribution in [3.63, 3.8) is 0 Å². The van der Waals surface area contributed by atoms with Gasteiger partial charge < -0.3 is 13.9 Å². The SMILES string of the molecule is C=CC[C@]1(C)C(=O)C2=C([C@H]1CCO[Si](C(C)C)(C(C)C)C(C)C)[C@@H](C)COC(C)(C)O2. The van der Waals surface area contributed by atoms with Gasteiger partial charge >= 0.3 is 0 Å². The van der Waals surface area contributed by atoms with Gasteiger partial charge in [-0.2, -0.15) is 0 Å². The van der Waals surface area contributed by atoms with Gasteiger partial charge in [-0.1, -0.05) is 61.5 Å². The smallest absolute Gasteiger partial charge is 0.205 e. The summed E-state index contributed by atoms with van der Waals surface area (Å²) in [6.07, 6.45) is 3.34. The highest BCUT2D eigenvalue weighted by Gasteiger charge is 2.55. The highest BCUT2D eigenvalue weighted by atomic mass is 28.4. The number of rotatable bonds is 9. The zero-order chi connectivity index (χ0) is 23.8. The second-order valence-corrected chi connectivity index (χ2v) is 16.7. The van der Waals surface area contributed by atoms with E-state index in [1.165, 1.54) is 0 Å². The molecule has 4 nitrogen and oxygen atoms in total. The maximum atomic E-state index is 13.6. The summed E-state index contributed by atoms with van der Waals surface area (Å²) in [5.41, 5.74) is 2.22. The Hall–Kier alpha value is -0.913. The molecule has 0 aromatic carbocycles. The molecular weight excluding hydrogens is 404 g/mol. The normalized spacial score (nSPS) is 28.9. The van der Waals surface area contributed by atoms with Crippen LogP contribution in [0.15, 0.2) is 24.0 Å². The lowest BCUT2D eigenvalue weighted by atomic mass is 9.70. The fourth-order valence-corrected chi connectivity index (χ4v) is 11.7. The largest absolute Gasteiger partial charge is 0.459 e.